The number of aryl methyl sites for hydroxylation is 2. The summed E-state index contributed by atoms with van der Waals surface area (Å²) in [6, 6.07) is 29.4. The molecular weight excluding hydrogens is 817 g/mol. The van der Waals surface area contributed by atoms with Crippen LogP contribution < -0.4 is 10.2 Å². The SMILES string of the molecule is Cl.Clc1ncnc2ccc(I)cc12.Ic1ccc2ncnc(N3CCCc4ccccc43)c2c1.c1ccc2c(c1)CCCN2. The van der Waals surface area contributed by atoms with Crippen LogP contribution in [0.15, 0.2) is 97.6 Å². The van der Waals surface area contributed by atoms with Gasteiger partial charge in [-0.3, -0.25) is 0 Å². The molecule has 0 aliphatic carbocycles. The smallest absolute Gasteiger partial charge is 0.144 e. The van der Waals surface area contributed by atoms with E-state index < -0.39 is 0 Å². The minimum Gasteiger partial charge on any atom is -0.385 e. The van der Waals surface area contributed by atoms with E-state index in [0.717, 1.165) is 57.1 Å². The van der Waals surface area contributed by atoms with Crippen molar-refractivity contribution in [2.45, 2.75) is 25.7 Å². The summed E-state index contributed by atoms with van der Waals surface area (Å²) in [7, 11) is 0. The number of para-hydroxylation sites is 2. The van der Waals surface area contributed by atoms with E-state index in [4.69, 9.17) is 11.6 Å². The van der Waals surface area contributed by atoms with Gasteiger partial charge in [-0.05, 0) is 131 Å². The van der Waals surface area contributed by atoms with Crippen LogP contribution in [0.3, 0.4) is 0 Å². The molecule has 2 aliphatic rings. The van der Waals surface area contributed by atoms with Gasteiger partial charge in [-0.2, -0.15) is 0 Å². The molecule has 1 N–H and O–H groups in total. The van der Waals surface area contributed by atoms with Crippen LogP contribution >= 0.6 is 69.2 Å². The summed E-state index contributed by atoms with van der Waals surface area (Å²) in [5, 5.41) is 5.91. The molecule has 6 nitrogen and oxygen atoms in total. The van der Waals surface area contributed by atoms with Crippen LogP contribution in [0.2, 0.25) is 5.15 Å². The number of aromatic nitrogens is 4. The molecule has 224 valence electrons. The van der Waals surface area contributed by atoms with Gasteiger partial charge in [0.1, 0.15) is 23.6 Å². The lowest BCUT2D eigenvalue weighted by molar-refractivity contribution is 0.761. The van der Waals surface area contributed by atoms with E-state index in [0.29, 0.717) is 5.15 Å². The zero-order chi connectivity index (χ0) is 29.6. The summed E-state index contributed by atoms with van der Waals surface area (Å²) in [4.78, 5) is 19.3. The van der Waals surface area contributed by atoms with Gasteiger partial charge in [0, 0.05) is 42.4 Å². The van der Waals surface area contributed by atoms with E-state index in [1.165, 1.54) is 45.2 Å². The van der Waals surface area contributed by atoms with Crippen LogP contribution in [-0.4, -0.2) is 33.0 Å². The maximum absolute atomic E-state index is 5.87. The highest BCUT2D eigenvalue weighted by Gasteiger charge is 2.20. The van der Waals surface area contributed by atoms with Crippen LogP contribution in [0, 0.1) is 7.14 Å². The number of rotatable bonds is 1. The summed E-state index contributed by atoms with van der Waals surface area (Å²) in [5.41, 5.74) is 7.37. The number of hydrogen-bond acceptors (Lipinski definition) is 6. The molecule has 0 spiro atoms. The maximum Gasteiger partial charge on any atom is 0.144 e. The molecule has 0 unspecified atom stereocenters. The first-order valence-corrected chi connectivity index (χ1v) is 16.7. The van der Waals surface area contributed by atoms with E-state index in [1.54, 1.807) is 6.33 Å². The second kappa shape index (κ2) is 15.5. The minimum absolute atomic E-state index is 0. The summed E-state index contributed by atoms with van der Waals surface area (Å²) >= 11 is 10.4. The highest BCUT2D eigenvalue weighted by Crippen LogP contribution is 2.35. The molecule has 44 heavy (non-hydrogen) atoms. The molecule has 0 bridgehead atoms. The number of nitrogens with zero attached hydrogens (tertiary/aromatic N) is 5. The topological polar surface area (TPSA) is 66.8 Å². The minimum atomic E-state index is 0. The Bertz CT molecular complexity index is 1860. The Morgan fingerprint density at radius 1 is 0.682 bits per heavy atom. The molecular formula is C34H30Cl2I2N6. The van der Waals surface area contributed by atoms with Crippen molar-refractivity contribution in [2.24, 2.45) is 0 Å². The summed E-state index contributed by atoms with van der Waals surface area (Å²) in [5.74, 6) is 1.02. The van der Waals surface area contributed by atoms with Crippen LogP contribution in [-0.2, 0) is 12.8 Å². The molecule has 4 aromatic carbocycles. The van der Waals surface area contributed by atoms with Crippen molar-refractivity contribution in [1.29, 1.82) is 0 Å². The number of fused-ring (bicyclic) bond motifs is 4. The first-order chi connectivity index (χ1) is 21.1. The van der Waals surface area contributed by atoms with E-state index in [1.807, 2.05) is 18.2 Å². The summed E-state index contributed by atoms with van der Waals surface area (Å²) in [6.45, 7) is 2.14. The highest BCUT2D eigenvalue weighted by atomic mass is 127. The zero-order valence-corrected chi connectivity index (χ0v) is 29.6. The Morgan fingerprint density at radius 2 is 1.32 bits per heavy atom. The molecule has 0 atom stereocenters. The van der Waals surface area contributed by atoms with E-state index in [-0.39, 0.29) is 12.4 Å². The summed E-state index contributed by atoms with van der Waals surface area (Å²) < 4.78 is 2.35. The third-order valence-electron chi connectivity index (χ3n) is 7.45. The average molecular weight is 847 g/mol. The lowest BCUT2D eigenvalue weighted by atomic mass is 10.0. The molecule has 8 rings (SSSR count). The second-order valence-electron chi connectivity index (χ2n) is 10.3. The second-order valence-corrected chi connectivity index (χ2v) is 13.1. The maximum atomic E-state index is 5.87. The van der Waals surface area contributed by atoms with Gasteiger partial charge >= 0.3 is 0 Å². The Kier molecular flexibility index (Phi) is 11.5. The lowest BCUT2D eigenvalue weighted by Crippen LogP contribution is -2.25. The standard InChI is InChI=1S/C17H14IN3.C9H11N.C8H4ClIN2.ClH/c18-13-7-8-15-14(10-13)17(20-11-19-15)21-9-3-5-12-4-1-2-6-16(12)21;1-2-6-9-8(4-1)5-3-7-10-9;9-8-6-3-5(10)1-2-7(6)11-4-12-8;/h1-2,4,6-8,10-11H,3,5,9H2;1-2,4,6,10H,3,5,7H2;1-4H;1H. The van der Waals surface area contributed by atoms with Gasteiger partial charge in [0.05, 0.1) is 11.0 Å². The number of hydrogen-bond donors (Lipinski definition) is 1. The zero-order valence-electron chi connectivity index (χ0n) is 23.8. The fourth-order valence-electron chi connectivity index (χ4n) is 5.39. The van der Waals surface area contributed by atoms with Crippen LogP contribution in [0.1, 0.15) is 24.0 Å². The van der Waals surface area contributed by atoms with Crippen molar-refractivity contribution in [1.82, 2.24) is 19.9 Å². The predicted molar refractivity (Wildman–Crippen MR) is 202 cm³/mol. The Hall–Kier alpha value is -2.80. The molecule has 0 radical (unpaired) electrons. The van der Waals surface area contributed by atoms with Gasteiger partial charge in [-0.15, -0.1) is 12.4 Å². The van der Waals surface area contributed by atoms with Crippen molar-refractivity contribution < 1.29 is 0 Å². The fraction of sp³-hybridized carbons (Fsp3) is 0.176. The first kappa shape index (κ1) is 32.6. The number of nitrogens with one attached hydrogen (secondary N) is 1. The molecule has 2 aliphatic heterocycles. The van der Waals surface area contributed by atoms with Crippen LogP contribution in [0.4, 0.5) is 17.2 Å². The highest BCUT2D eigenvalue weighted by molar-refractivity contribution is 14.1. The summed E-state index contributed by atoms with van der Waals surface area (Å²) in [6.07, 6.45) is 7.96. The van der Waals surface area contributed by atoms with Gasteiger partial charge in [0.25, 0.3) is 0 Å². The molecule has 0 saturated heterocycles. The Labute approximate surface area is 295 Å². The first-order valence-electron chi connectivity index (χ1n) is 14.2. The Morgan fingerprint density at radius 3 is 2.09 bits per heavy atom. The number of halogens is 4. The normalized spacial score (nSPS) is 13.2. The molecule has 10 heteroatoms. The van der Waals surface area contributed by atoms with Gasteiger partial charge in [0.15, 0.2) is 0 Å². The third-order valence-corrected chi connectivity index (χ3v) is 9.09. The van der Waals surface area contributed by atoms with Gasteiger partial charge < -0.3 is 10.2 Å². The van der Waals surface area contributed by atoms with Crippen molar-refractivity contribution >= 4 is 108 Å². The molecule has 0 saturated carbocycles. The molecule has 0 fully saturated rings. The number of anilines is 3. The molecule has 2 aromatic heterocycles. The average Bonchev–Trinajstić information content (AvgIpc) is 3.05. The van der Waals surface area contributed by atoms with Gasteiger partial charge in [-0.25, -0.2) is 19.9 Å². The number of benzene rings is 4. The van der Waals surface area contributed by atoms with Crippen molar-refractivity contribution in [3.63, 3.8) is 0 Å². The van der Waals surface area contributed by atoms with Crippen molar-refractivity contribution in [3.8, 4) is 0 Å². The van der Waals surface area contributed by atoms with E-state index in [2.05, 4.69) is 142 Å². The van der Waals surface area contributed by atoms with Crippen LogP contribution in [0.5, 0.6) is 0 Å². The molecule has 0 amide bonds. The molecule has 6 aromatic rings. The predicted octanol–water partition coefficient (Wildman–Crippen LogP) is 9.67. The lowest BCUT2D eigenvalue weighted by Gasteiger charge is -2.31. The third kappa shape index (κ3) is 7.70. The van der Waals surface area contributed by atoms with Gasteiger partial charge in [0.2, 0.25) is 0 Å². The monoisotopic (exact) mass is 846 g/mol. The van der Waals surface area contributed by atoms with E-state index >= 15 is 0 Å². The Balaban J connectivity index is 0.000000142. The van der Waals surface area contributed by atoms with Crippen LogP contribution in [0.25, 0.3) is 21.8 Å². The van der Waals surface area contributed by atoms with Crippen molar-refractivity contribution in [3.05, 3.63) is 121 Å². The fourth-order valence-corrected chi connectivity index (χ4v) is 6.57. The quantitative estimate of drug-likeness (QED) is 0.131. The van der Waals surface area contributed by atoms with Gasteiger partial charge in [-0.1, -0.05) is 48.0 Å². The largest absolute Gasteiger partial charge is 0.385 e. The van der Waals surface area contributed by atoms with Crippen molar-refractivity contribution in [2.75, 3.05) is 23.3 Å². The van der Waals surface area contributed by atoms with E-state index in [9.17, 15) is 0 Å². The molecule has 4 heterocycles.